The van der Waals surface area contributed by atoms with Gasteiger partial charge in [0.2, 0.25) is 0 Å². The van der Waals surface area contributed by atoms with Crippen LogP contribution in [-0.4, -0.2) is 41.0 Å². The molecule has 1 aliphatic heterocycles. The maximum Gasteiger partial charge on any atom is 0.433 e. The van der Waals surface area contributed by atoms with Crippen LogP contribution in [0, 0.1) is 5.82 Å². The van der Waals surface area contributed by atoms with E-state index in [9.17, 15) is 17.6 Å². The van der Waals surface area contributed by atoms with E-state index in [4.69, 9.17) is 0 Å². The maximum atomic E-state index is 13.2. The van der Waals surface area contributed by atoms with Gasteiger partial charge in [0.25, 0.3) is 0 Å². The monoisotopic (exact) mass is 340 g/mol. The van der Waals surface area contributed by atoms with E-state index in [0.717, 1.165) is 17.8 Å². The molecule has 0 aliphatic carbocycles. The van der Waals surface area contributed by atoms with E-state index >= 15 is 0 Å². The van der Waals surface area contributed by atoms with E-state index < -0.39 is 11.9 Å². The quantitative estimate of drug-likeness (QED) is 0.804. The highest BCUT2D eigenvalue weighted by molar-refractivity contribution is 5.47. The van der Waals surface area contributed by atoms with E-state index in [0.29, 0.717) is 38.4 Å². The van der Waals surface area contributed by atoms with Crippen molar-refractivity contribution in [3.05, 3.63) is 53.9 Å². The minimum Gasteiger partial charge on any atom is -0.369 e. The lowest BCUT2D eigenvalue weighted by Crippen LogP contribution is -2.46. The van der Waals surface area contributed by atoms with Crippen LogP contribution >= 0.6 is 0 Å². The first-order valence-corrected chi connectivity index (χ1v) is 7.52. The van der Waals surface area contributed by atoms with Crippen molar-refractivity contribution in [1.29, 1.82) is 0 Å². The van der Waals surface area contributed by atoms with Crippen LogP contribution in [0.3, 0.4) is 0 Å². The van der Waals surface area contributed by atoms with Crippen LogP contribution in [0.5, 0.6) is 0 Å². The first kappa shape index (κ1) is 16.6. The molecule has 0 amide bonds. The lowest BCUT2D eigenvalue weighted by molar-refractivity contribution is -0.141. The van der Waals surface area contributed by atoms with Crippen molar-refractivity contribution in [3.8, 4) is 0 Å². The topological polar surface area (TPSA) is 32.3 Å². The second kappa shape index (κ2) is 6.72. The van der Waals surface area contributed by atoms with Crippen LogP contribution in [0.25, 0.3) is 0 Å². The van der Waals surface area contributed by atoms with Gasteiger partial charge in [0.1, 0.15) is 11.5 Å². The molecule has 0 bridgehead atoms. The molecule has 3 heterocycles. The summed E-state index contributed by atoms with van der Waals surface area (Å²) in [7, 11) is 0. The van der Waals surface area contributed by atoms with Crippen molar-refractivity contribution in [2.45, 2.75) is 12.7 Å². The number of nitrogens with zero attached hydrogens (tertiary/aromatic N) is 4. The molecule has 1 fully saturated rings. The number of hydrogen-bond acceptors (Lipinski definition) is 4. The molecule has 4 nitrogen and oxygen atoms in total. The summed E-state index contributed by atoms with van der Waals surface area (Å²) in [5, 5.41) is 0. The van der Waals surface area contributed by atoms with Crippen LogP contribution in [0.15, 0.2) is 36.8 Å². The molecule has 3 rings (SSSR count). The van der Waals surface area contributed by atoms with Gasteiger partial charge in [-0.15, -0.1) is 0 Å². The summed E-state index contributed by atoms with van der Waals surface area (Å²) in [5.41, 5.74) is 0.421. The average molecular weight is 340 g/mol. The summed E-state index contributed by atoms with van der Waals surface area (Å²) in [5.74, 6) is -0.373. The fourth-order valence-electron chi connectivity index (χ4n) is 2.74. The highest BCUT2D eigenvalue weighted by Crippen LogP contribution is 2.30. The van der Waals surface area contributed by atoms with Gasteiger partial charge in [0, 0.05) is 50.8 Å². The molecular formula is C16H16F4N4. The number of rotatable bonds is 3. The summed E-state index contributed by atoms with van der Waals surface area (Å²) in [6.07, 6.45) is -0.484. The smallest absolute Gasteiger partial charge is 0.369 e. The molecule has 128 valence electrons. The maximum absolute atomic E-state index is 13.2. The summed E-state index contributed by atoms with van der Waals surface area (Å²) >= 11 is 0. The molecule has 2 aromatic heterocycles. The van der Waals surface area contributed by atoms with Crippen molar-refractivity contribution in [1.82, 2.24) is 14.9 Å². The third kappa shape index (κ3) is 4.00. The predicted octanol–water partition coefficient (Wildman–Crippen LogP) is 2.96. The van der Waals surface area contributed by atoms with E-state index in [1.165, 1.54) is 12.3 Å². The highest BCUT2D eigenvalue weighted by Gasteiger charge is 2.33. The highest BCUT2D eigenvalue weighted by atomic mass is 19.4. The molecule has 0 N–H and O–H groups in total. The Morgan fingerprint density at radius 3 is 2.46 bits per heavy atom. The Labute approximate surface area is 136 Å². The van der Waals surface area contributed by atoms with E-state index in [2.05, 4.69) is 14.9 Å². The van der Waals surface area contributed by atoms with Crippen LogP contribution < -0.4 is 4.90 Å². The Morgan fingerprint density at radius 2 is 1.79 bits per heavy atom. The summed E-state index contributed by atoms with van der Waals surface area (Å²) < 4.78 is 51.4. The number of anilines is 1. The zero-order chi connectivity index (χ0) is 17.2. The van der Waals surface area contributed by atoms with Crippen LogP contribution in [0.1, 0.15) is 11.3 Å². The molecule has 0 aromatic carbocycles. The summed E-state index contributed by atoms with van der Waals surface area (Å²) in [4.78, 5) is 11.2. The van der Waals surface area contributed by atoms with Gasteiger partial charge in [0.05, 0.1) is 6.20 Å². The van der Waals surface area contributed by atoms with Crippen LogP contribution in [0.4, 0.5) is 23.2 Å². The average Bonchev–Trinajstić information content (AvgIpc) is 2.55. The molecule has 24 heavy (non-hydrogen) atoms. The third-order valence-corrected chi connectivity index (χ3v) is 3.94. The normalized spacial score (nSPS) is 16.4. The van der Waals surface area contributed by atoms with Crippen molar-refractivity contribution >= 4 is 5.69 Å². The Kier molecular flexibility index (Phi) is 4.66. The summed E-state index contributed by atoms with van der Waals surface area (Å²) in [6.45, 7) is 3.14. The lowest BCUT2D eigenvalue weighted by atomic mass is 10.2. The first-order valence-electron chi connectivity index (χ1n) is 7.52. The van der Waals surface area contributed by atoms with Gasteiger partial charge in [-0.3, -0.25) is 14.9 Å². The first-order chi connectivity index (χ1) is 11.4. The van der Waals surface area contributed by atoms with Crippen LogP contribution in [-0.2, 0) is 12.7 Å². The molecule has 0 radical (unpaired) electrons. The second-order valence-electron chi connectivity index (χ2n) is 5.67. The van der Waals surface area contributed by atoms with Crippen molar-refractivity contribution in [3.63, 3.8) is 0 Å². The van der Waals surface area contributed by atoms with Crippen molar-refractivity contribution in [2.75, 3.05) is 31.1 Å². The number of pyridine rings is 2. The molecular weight excluding hydrogens is 324 g/mol. The number of alkyl halides is 3. The number of piperazine rings is 1. The molecule has 8 heteroatoms. The van der Waals surface area contributed by atoms with Gasteiger partial charge < -0.3 is 4.90 Å². The lowest BCUT2D eigenvalue weighted by Gasteiger charge is -2.36. The third-order valence-electron chi connectivity index (χ3n) is 3.94. The van der Waals surface area contributed by atoms with Gasteiger partial charge in [-0.05, 0) is 23.8 Å². The van der Waals surface area contributed by atoms with Gasteiger partial charge >= 0.3 is 6.18 Å². The van der Waals surface area contributed by atoms with Gasteiger partial charge in [-0.2, -0.15) is 13.2 Å². The standard InChI is InChI=1S/C16H16F4N4/c17-13-7-12(9-21-10-13)11-23-3-5-24(6-4-23)14-1-2-22-15(8-14)16(18,19)20/h1-2,7-10H,3-6,11H2. The Hall–Kier alpha value is -2.22. The number of halogens is 4. The van der Waals surface area contributed by atoms with Crippen molar-refractivity contribution in [2.24, 2.45) is 0 Å². The Bertz CT molecular complexity index is 696. The fourth-order valence-corrected chi connectivity index (χ4v) is 2.74. The fraction of sp³-hybridized carbons (Fsp3) is 0.375. The van der Waals surface area contributed by atoms with Crippen LogP contribution in [0.2, 0.25) is 0 Å². The van der Waals surface area contributed by atoms with E-state index in [1.54, 1.807) is 12.3 Å². The molecule has 1 saturated heterocycles. The Morgan fingerprint density at radius 1 is 1.04 bits per heavy atom. The van der Waals surface area contributed by atoms with E-state index in [-0.39, 0.29) is 5.82 Å². The largest absolute Gasteiger partial charge is 0.433 e. The molecule has 0 atom stereocenters. The minimum atomic E-state index is -4.44. The minimum absolute atomic E-state index is 0.373. The summed E-state index contributed by atoms with van der Waals surface area (Å²) in [6, 6.07) is 4.10. The molecule has 0 unspecified atom stereocenters. The zero-order valence-electron chi connectivity index (χ0n) is 12.8. The number of hydrogen-bond donors (Lipinski definition) is 0. The zero-order valence-corrected chi connectivity index (χ0v) is 12.8. The Balaban J connectivity index is 1.61. The second-order valence-corrected chi connectivity index (χ2v) is 5.67. The predicted molar refractivity (Wildman–Crippen MR) is 80.9 cm³/mol. The number of aromatic nitrogens is 2. The molecule has 1 aliphatic rings. The van der Waals surface area contributed by atoms with E-state index in [1.807, 2.05) is 4.90 Å². The molecule has 2 aromatic rings. The van der Waals surface area contributed by atoms with Gasteiger partial charge in [-0.1, -0.05) is 0 Å². The van der Waals surface area contributed by atoms with Gasteiger partial charge in [-0.25, -0.2) is 4.39 Å². The van der Waals surface area contributed by atoms with Crippen molar-refractivity contribution < 1.29 is 17.6 Å². The molecule has 0 saturated carbocycles. The van der Waals surface area contributed by atoms with Gasteiger partial charge in [0.15, 0.2) is 0 Å². The SMILES string of the molecule is Fc1cncc(CN2CCN(c3ccnc(C(F)(F)F)c3)CC2)c1. The molecule has 0 spiro atoms.